The van der Waals surface area contributed by atoms with Gasteiger partial charge in [0.2, 0.25) is 0 Å². The quantitative estimate of drug-likeness (QED) is 0.572. The first-order valence-electron chi connectivity index (χ1n) is 5.72. The van der Waals surface area contributed by atoms with Crippen molar-refractivity contribution in [3.63, 3.8) is 0 Å². The van der Waals surface area contributed by atoms with Crippen molar-refractivity contribution in [2.75, 3.05) is 46.9 Å². The molecule has 0 aliphatic rings. The lowest BCUT2D eigenvalue weighted by Crippen LogP contribution is -2.39. The minimum atomic E-state index is 0.242. The first-order valence-corrected chi connectivity index (χ1v) is 5.72. The molecule has 0 aromatic carbocycles. The van der Waals surface area contributed by atoms with Crippen LogP contribution >= 0.6 is 0 Å². The lowest BCUT2D eigenvalue weighted by molar-refractivity contribution is 0.163. The third-order valence-corrected chi connectivity index (χ3v) is 2.67. The highest BCUT2D eigenvalue weighted by Crippen LogP contribution is 2.00. The molecule has 0 aromatic rings. The Morgan fingerprint density at radius 3 is 1.80 bits per heavy atom. The highest BCUT2D eigenvalue weighted by molar-refractivity contribution is 4.67. The molecule has 0 aliphatic heterocycles. The summed E-state index contributed by atoms with van der Waals surface area (Å²) in [5.41, 5.74) is 0. The Kier molecular flexibility index (Phi) is 9.00. The summed E-state index contributed by atoms with van der Waals surface area (Å²) in [6, 6.07) is 0.502. The van der Waals surface area contributed by atoms with Gasteiger partial charge in [-0.05, 0) is 33.9 Å². The number of nitrogens with zero attached hydrogens (tertiary/aromatic N) is 2. The van der Waals surface area contributed by atoms with E-state index < -0.39 is 0 Å². The Hall–Kier alpha value is -0.160. The van der Waals surface area contributed by atoms with Crippen LogP contribution in [0.15, 0.2) is 0 Å². The zero-order chi connectivity index (χ0) is 11.7. The van der Waals surface area contributed by atoms with E-state index in [9.17, 15) is 0 Å². The average Bonchev–Trinajstić information content (AvgIpc) is 2.21. The molecule has 1 unspecified atom stereocenters. The molecule has 15 heavy (non-hydrogen) atoms. The van der Waals surface area contributed by atoms with Gasteiger partial charge in [0.25, 0.3) is 0 Å². The Balaban J connectivity index is 3.87. The molecule has 0 bridgehead atoms. The first-order chi connectivity index (χ1) is 7.11. The highest BCUT2D eigenvalue weighted by Gasteiger charge is 2.10. The number of likely N-dealkylation sites (N-methyl/N-ethyl adjacent to an activating group) is 1. The van der Waals surface area contributed by atoms with Crippen molar-refractivity contribution in [1.82, 2.24) is 9.80 Å². The van der Waals surface area contributed by atoms with E-state index in [1.807, 2.05) is 0 Å². The van der Waals surface area contributed by atoms with Crippen LogP contribution in [-0.2, 0) is 0 Å². The van der Waals surface area contributed by atoms with Gasteiger partial charge in [-0.3, -0.25) is 0 Å². The summed E-state index contributed by atoms with van der Waals surface area (Å²) in [5.74, 6) is 0. The summed E-state index contributed by atoms with van der Waals surface area (Å²) in [4.78, 5) is 4.49. The predicted octanol–water partition coefficient (Wildman–Crippen LogP) is 0.00330. The van der Waals surface area contributed by atoms with Crippen LogP contribution in [0.4, 0.5) is 0 Å². The van der Waals surface area contributed by atoms with E-state index in [1.165, 1.54) is 0 Å². The largest absolute Gasteiger partial charge is 0.396 e. The van der Waals surface area contributed by atoms with E-state index in [-0.39, 0.29) is 13.2 Å². The lowest BCUT2D eigenvalue weighted by atomic mass is 10.2. The summed E-state index contributed by atoms with van der Waals surface area (Å²) >= 11 is 0. The summed E-state index contributed by atoms with van der Waals surface area (Å²) in [6.45, 7) is 5.49. The van der Waals surface area contributed by atoms with E-state index in [0.29, 0.717) is 6.04 Å². The van der Waals surface area contributed by atoms with Crippen LogP contribution in [0.25, 0.3) is 0 Å². The Labute approximate surface area is 93.5 Å². The standard InChI is InChI=1S/C11H26N2O2/c1-11(12(2)3)10-13(6-4-8-14)7-5-9-15/h11,14-15H,4-10H2,1-3H3. The molecule has 92 valence electrons. The molecule has 4 heteroatoms. The van der Waals surface area contributed by atoms with Gasteiger partial charge in [0.15, 0.2) is 0 Å². The third kappa shape index (κ3) is 7.73. The topological polar surface area (TPSA) is 46.9 Å². The summed E-state index contributed by atoms with van der Waals surface area (Å²) < 4.78 is 0. The van der Waals surface area contributed by atoms with Crippen LogP contribution < -0.4 is 0 Å². The fraction of sp³-hybridized carbons (Fsp3) is 1.00. The second-order valence-electron chi connectivity index (χ2n) is 4.27. The summed E-state index contributed by atoms with van der Waals surface area (Å²) in [6.07, 6.45) is 1.62. The molecule has 0 fully saturated rings. The Morgan fingerprint density at radius 2 is 1.47 bits per heavy atom. The van der Waals surface area contributed by atoms with E-state index in [4.69, 9.17) is 10.2 Å². The van der Waals surface area contributed by atoms with Crippen LogP contribution in [0, 0.1) is 0 Å². The fourth-order valence-corrected chi connectivity index (χ4v) is 1.42. The van der Waals surface area contributed by atoms with E-state index in [0.717, 1.165) is 32.5 Å². The van der Waals surface area contributed by atoms with Crippen LogP contribution in [0.5, 0.6) is 0 Å². The lowest BCUT2D eigenvalue weighted by Gasteiger charge is -2.28. The van der Waals surface area contributed by atoms with E-state index in [2.05, 4.69) is 30.8 Å². The summed E-state index contributed by atoms with van der Waals surface area (Å²) in [5, 5.41) is 17.6. The molecule has 0 radical (unpaired) electrons. The van der Waals surface area contributed by atoms with Gasteiger partial charge >= 0.3 is 0 Å². The minimum absolute atomic E-state index is 0.242. The molecule has 0 aliphatic carbocycles. The van der Waals surface area contributed by atoms with Crippen LogP contribution in [0.2, 0.25) is 0 Å². The monoisotopic (exact) mass is 218 g/mol. The highest BCUT2D eigenvalue weighted by atomic mass is 16.3. The van der Waals surface area contributed by atoms with Crippen molar-refractivity contribution in [1.29, 1.82) is 0 Å². The smallest absolute Gasteiger partial charge is 0.0443 e. The maximum Gasteiger partial charge on any atom is 0.0443 e. The third-order valence-electron chi connectivity index (χ3n) is 2.67. The van der Waals surface area contributed by atoms with Crippen molar-refractivity contribution >= 4 is 0 Å². The molecule has 0 saturated heterocycles. The number of aliphatic hydroxyl groups excluding tert-OH is 2. The maximum absolute atomic E-state index is 8.80. The molecular weight excluding hydrogens is 192 g/mol. The number of rotatable bonds is 9. The molecule has 0 rings (SSSR count). The average molecular weight is 218 g/mol. The predicted molar refractivity (Wildman–Crippen MR) is 63.0 cm³/mol. The maximum atomic E-state index is 8.80. The Morgan fingerprint density at radius 1 is 1.00 bits per heavy atom. The molecule has 0 amide bonds. The van der Waals surface area contributed by atoms with Gasteiger partial charge in [-0.1, -0.05) is 0 Å². The molecular formula is C11H26N2O2. The van der Waals surface area contributed by atoms with Gasteiger partial charge in [0.05, 0.1) is 0 Å². The van der Waals surface area contributed by atoms with Crippen molar-refractivity contribution in [2.45, 2.75) is 25.8 Å². The molecule has 2 N–H and O–H groups in total. The van der Waals surface area contributed by atoms with Crippen LogP contribution in [-0.4, -0.2) is 73.0 Å². The van der Waals surface area contributed by atoms with Crippen molar-refractivity contribution in [2.24, 2.45) is 0 Å². The molecule has 1 atom stereocenters. The van der Waals surface area contributed by atoms with Gasteiger partial charge in [-0.15, -0.1) is 0 Å². The molecule has 4 nitrogen and oxygen atoms in total. The second kappa shape index (κ2) is 9.09. The van der Waals surface area contributed by atoms with Crippen molar-refractivity contribution in [3.05, 3.63) is 0 Å². The van der Waals surface area contributed by atoms with Gasteiger partial charge in [0.1, 0.15) is 0 Å². The SMILES string of the molecule is CC(CN(CCCO)CCCO)N(C)C. The zero-order valence-corrected chi connectivity index (χ0v) is 10.3. The van der Waals surface area contributed by atoms with Gasteiger partial charge in [-0.2, -0.15) is 0 Å². The van der Waals surface area contributed by atoms with E-state index in [1.54, 1.807) is 0 Å². The first kappa shape index (κ1) is 14.8. The van der Waals surface area contributed by atoms with E-state index >= 15 is 0 Å². The molecule has 0 aromatic heterocycles. The molecule has 0 spiro atoms. The molecule has 0 heterocycles. The zero-order valence-electron chi connectivity index (χ0n) is 10.3. The normalized spacial score (nSPS) is 13.8. The van der Waals surface area contributed by atoms with Gasteiger partial charge < -0.3 is 20.0 Å². The van der Waals surface area contributed by atoms with Crippen molar-refractivity contribution in [3.8, 4) is 0 Å². The Bertz CT molecular complexity index is 135. The number of hydrogen-bond acceptors (Lipinski definition) is 4. The van der Waals surface area contributed by atoms with Crippen molar-refractivity contribution < 1.29 is 10.2 Å². The van der Waals surface area contributed by atoms with Crippen LogP contribution in [0.1, 0.15) is 19.8 Å². The van der Waals surface area contributed by atoms with Gasteiger partial charge in [-0.25, -0.2) is 0 Å². The number of aliphatic hydroxyl groups is 2. The summed E-state index contributed by atoms with van der Waals surface area (Å²) in [7, 11) is 4.14. The fourth-order valence-electron chi connectivity index (χ4n) is 1.42. The molecule has 0 saturated carbocycles. The van der Waals surface area contributed by atoms with Gasteiger partial charge in [0, 0.05) is 38.9 Å². The second-order valence-corrected chi connectivity index (χ2v) is 4.27. The number of hydrogen-bond donors (Lipinski definition) is 2. The minimum Gasteiger partial charge on any atom is -0.396 e. The van der Waals surface area contributed by atoms with Crippen LogP contribution in [0.3, 0.4) is 0 Å².